The number of methoxy groups -OCH3 is 7. The highest BCUT2D eigenvalue weighted by molar-refractivity contribution is 6.06. The normalized spacial score (nSPS) is 11.7. The molecule has 8 heteroatoms. The molecule has 0 spiro atoms. The zero-order chi connectivity index (χ0) is 22.3. The second kappa shape index (κ2) is 10.7. The van der Waals surface area contributed by atoms with E-state index in [-0.39, 0.29) is 11.3 Å². The van der Waals surface area contributed by atoms with Crippen LogP contribution in [-0.2, 0) is 9.47 Å². The molecule has 0 saturated carbocycles. The summed E-state index contributed by atoms with van der Waals surface area (Å²) in [5, 5.41) is 0. The largest absolute Gasteiger partial charge is 0.497 e. The van der Waals surface area contributed by atoms with Crippen LogP contribution >= 0.6 is 0 Å². The maximum atomic E-state index is 13.8. The van der Waals surface area contributed by atoms with Crippen molar-refractivity contribution in [3.63, 3.8) is 0 Å². The molecule has 1 atom stereocenters. The standard InChI is InChI=1S/C22H28O8/c1-24-13-8-9-15(16(10-13)26-3)19(22(29-6)30-7)21(23)20-17(27-4)11-14(25-2)12-18(20)28-5/h8-12,19,22H,1-7H3. The number of hydrogen-bond acceptors (Lipinski definition) is 8. The molecule has 8 nitrogen and oxygen atoms in total. The number of Topliss-reactive ketones (excluding diaryl/α,β-unsaturated/α-hetero) is 1. The zero-order valence-corrected chi connectivity index (χ0v) is 18.3. The molecule has 0 aliphatic heterocycles. The fourth-order valence-electron chi connectivity index (χ4n) is 3.26. The van der Waals surface area contributed by atoms with E-state index in [0.29, 0.717) is 34.3 Å². The molecule has 0 saturated heterocycles. The third-order valence-corrected chi connectivity index (χ3v) is 4.76. The Kier molecular flexibility index (Phi) is 8.32. The van der Waals surface area contributed by atoms with Crippen molar-refractivity contribution in [2.45, 2.75) is 12.2 Å². The number of ether oxygens (including phenoxy) is 7. The van der Waals surface area contributed by atoms with Crippen LogP contribution in [-0.4, -0.2) is 61.8 Å². The molecule has 0 fully saturated rings. The highest BCUT2D eigenvalue weighted by atomic mass is 16.7. The first-order chi connectivity index (χ1) is 14.5. The molecular formula is C22H28O8. The van der Waals surface area contributed by atoms with Gasteiger partial charge in [-0.15, -0.1) is 0 Å². The molecule has 2 aromatic rings. The van der Waals surface area contributed by atoms with Crippen molar-refractivity contribution in [3.05, 3.63) is 41.5 Å². The zero-order valence-electron chi connectivity index (χ0n) is 18.3. The van der Waals surface area contributed by atoms with Gasteiger partial charge in [-0.2, -0.15) is 0 Å². The molecule has 2 aromatic carbocycles. The third kappa shape index (κ3) is 4.60. The Morgan fingerprint density at radius 3 is 1.60 bits per heavy atom. The molecule has 30 heavy (non-hydrogen) atoms. The summed E-state index contributed by atoms with van der Waals surface area (Å²) >= 11 is 0. The first kappa shape index (κ1) is 23.3. The van der Waals surface area contributed by atoms with Gasteiger partial charge in [0.1, 0.15) is 40.2 Å². The van der Waals surface area contributed by atoms with Gasteiger partial charge in [0.05, 0.1) is 35.5 Å². The van der Waals surface area contributed by atoms with Gasteiger partial charge in [-0.3, -0.25) is 4.79 Å². The molecule has 0 bridgehead atoms. The van der Waals surface area contributed by atoms with Gasteiger partial charge in [0.25, 0.3) is 0 Å². The third-order valence-electron chi connectivity index (χ3n) is 4.76. The van der Waals surface area contributed by atoms with E-state index in [1.54, 1.807) is 37.4 Å². The molecule has 2 rings (SSSR count). The average molecular weight is 420 g/mol. The van der Waals surface area contributed by atoms with Gasteiger partial charge in [0, 0.05) is 38.0 Å². The van der Waals surface area contributed by atoms with Crippen LogP contribution < -0.4 is 23.7 Å². The predicted molar refractivity (Wildman–Crippen MR) is 111 cm³/mol. The fourth-order valence-corrected chi connectivity index (χ4v) is 3.26. The first-order valence-corrected chi connectivity index (χ1v) is 9.11. The van der Waals surface area contributed by atoms with Crippen LogP contribution in [0.1, 0.15) is 21.8 Å². The lowest BCUT2D eigenvalue weighted by atomic mass is 9.88. The highest BCUT2D eigenvalue weighted by Gasteiger charge is 2.37. The summed E-state index contributed by atoms with van der Waals surface area (Å²) < 4.78 is 37.9. The lowest BCUT2D eigenvalue weighted by Crippen LogP contribution is -2.30. The molecule has 0 N–H and O–H groups in total. The molecule has 0 aromatic heterocycles. The first-order valence-electron chi connectivity index (χ1n) is 9.11. The SMILES string of the molecule is COc1ccc(C(C(=O)c2c(OC)cc(OC)cc2OC)C(OC)OC)c(OC)c1. The van der Waals surface area contributed by atoms with Gasteiger partial charge in [-0.05, 0) is 6.07 Å². The summed E-state index contributed by atoms with van der Waals surface area (Å²) in [6, 6.07) is 8.41. The topological polar surface area (TPSA) is 81.7 Å². The van der Waals surface area contributed by atoms with Crippen molar-refractivity contribution in [2.75, 3.05) is 49.8 Å². The molecular weight excluding hydrogens is 392 g/mol. The Morgan fingerprint density at radius 1 is 0.667 bits per heavy atom. The Balaban J connectivity index is 2.72. The van der Waals surface area contributed by atoms with Gasteiger partial charge < -0.3 is 33.2 Å². The van der Waals surface area contributed by atoms with Crippen LogP contribution in [0.3, 0.4) is 0 Å². The maximum Gasteiger partial charge on any atom is 0.183 e. The lowest BCUT2D eigenvalue weighted by molar-refractivity contribution is -0.110. The van der Waals surface area contributed by atoms with E-state index in [9.17, 15) is 4.79 Å². The van der Waals surface area contributed by atoms with E-state index in [1.807, 2.05) is 0 Å². The second-order valence-electron chi connectivity index (χ2n) is 6.20. The van der Waals surface area contributed by atoms with Crippen molar-refractivity contribution in [1.29, 1.82) is 0 Å². The second-order valence-corrected chi connectivity index (χ2v) is 6.20. The van der Waals surface area contributed by atoms with Crippen LogP contribution in [0.2, 0.25) is 0 Å². The van der Waals surface area contributed by atoms with E-state index >= 15 is 0 Å². The Morgan fingerprint density at radius 2 is 1.17 bits per heavy atom. The molecule has 0 heterocycles. The van der Waals surface area contributed by atoms with Crippen LogP contribution in [0.5, 0.6) is 28.7 Å². The maximum absolute atomic E-state index is 13.8. The Labute approximate surface area is 176 Å². The van der Waals surface area contributed by atoms with Gasteiger partial charge in [0.2, 0.25) is 0 Å². The van der Waals surface area contributed by atoms with E-state index in [1.165, 1.54) is 42.7 Å². The highest BCUT2D eigenvalue weighted by Crippen LogP contribution is 2.41. The summed E-state index contributed by atoms with van der Waals surface area (Å²) in [6.07, 6.45) is -0.892. The molecule has 1 unspecified atom stereocenters. The molecule has 0 aliphatic rings. The number of benzene rings is 2. The van der Waals surface area contributed by atoms with Gasteiger partial charge in [-0.25, -0.2) is 0 Å². The quantitative estimate of drug-likeness (QED) is 0.405. The van der Waals surface area contributed by atoms with Gasteiger partial charge >= 0.3 is 0 Å². The van der Waals surface area contributed by atoms with Crippen molar-refractivity contribution >= 4 is 5.78 Å². The van der Waals surface area contributed by atoms with Crippen molar-refractivity contribution in [1.82, 2.24) is 0 Å². The molecule has 164 valence electrons. The summed E-state index contributed by atoms with van der Waals surface area (Å²) in [4.78, 5) is 13.8. The lowest BCUT2D eigenvalue weighted by Gasteiger charge is -2.27. The number of carbonyl (C=O) groups excluding carboxylic acids is 1. The minimum absolute atomic E-state index is 0.239. The van der Waals surface area contributed by atoms with Crippen molar-refractivity contribution in [2.24, 2.45) is 0 Å². The average Bonchev–Trinajstić information content (AvgIpc) is 2.80. The van der Waals surface area contributed by atoms with Crippen molar-refractivity contribution in [3.8, 4) is 28.7 Å². The number of ketones is 1. The summed E-state index contributed by atoms with van der Waals surface area (Å²) in [6.45, 7) is 0. The number of carbonyl (C=O) groups is 1. The number of rotatable bonds is 11. The molecule has 0 aliphatic carbocycles. The van der Waals surface area contributed by atoms with Crippen LogP contribution in [0.4, 0.5) is 0 Å². The van der Waals surface area contributed by atoms with E-state index in [2.05, 4.69) is 0 Å². The summed E-state index contributed by atoms with van der Waals surface area (Å²) in [5.74, 6) is 0.944. The van der Waals surface area contributed by atoms with Crippen LogP contribution in [0, 0.1) is 0 Å². The minimum Gasteiger partial charge on any atom is -0.497 e. The molecule has 0 radical (unpaired) electrons. The molecule has 0 amide bonds. The summed E-state index contributed by atoms with van der Waals surface area (Å²) in [5.41, 5.74) is 0.805. The summed E-state index contributed by atoms with van der Waals surface area (Å²) in [7, 11) is 10.5. The Hall–Kier alpha value is -2.97. The number of hydrogen-bond donors (Lipinski definition) is 0. The fraction of sp³-hybridized carbons (Fsp3) is 0.409. The van der Waals surface area contributed by atoms with E-state index < -0.39 is 12.2 Å². The van der Waals surface area contributed by atoms with Gasteiger partial charge in [0.15, 0.2) is 12.1 Å². The predicted octanol–water partition coefficient (Wildman–Crippen LogP) is 3.32. The minimum atomic E-state index is -0.892. The van der Waals surface area contributed by atoms with Crippen molar-refractivity contribution < 1.29 is 38.0 Å². The Bertz CT molecular complexity index is 835. The smallest absolute Gasteiger partial charge is 0.183 e. The van der Waals surface area contributed by atoms with E-state index in [0.717, 1.165) is 0 Å². The van der Waals surface area contributed by atoms with Crippen LogP contribution in [0.15, 0.2) is 30.3 Å². The van der Waals surface area contributed by atoms with E-state index in [4.69, 9.17) is 33.2 Å². The monoisotopic (exact) mass is 420 g/mol. The van der Waals surface area contributed by atoms with Crippen LogP contribution in [0.25, 0.3) is 0 Å². The van der Waals surface area contributed by atoms with Gasteiger partial charge in [-0.1, -0.05) is 6.07 Å².